The van der Waals surface area contributed by atoms with Gasteiger partial charge in [0.05, 0.1) is 12.3 Å². The van der Waals surface area contributed by atoms with Gasteiger partial charge in [0.2, 0.25) is 0 Å². The SMILES string of the molecule is c1ccc(CN2C[C@@H]3CN(C4CCOC4)C[C@@H]3C2)nc1. The first-order chi connectivity index (χ1) is 9.88. The van der Waals surface area contributed by atoms with Gasteiger partial charge in [-0.3, -0.25) is 14.8 Å². The van der Waals surface area contributed by atoms with E-state index < -0.39 is 0 Å². The molecule has 3 fully saturated rings. The van der Waals surface area contributed by atoms with E-state index in [4.69, 9.17) is 4.74 Å². The number of likely N-dealkylation sites (tertiary alicyclic amines) is 2. The van der Waals surface area contributed by atoms with Crippen LogP contribution in [0.15, 0.2) is 24.4 Å². The van der Waals surface area contributed by atoms with E-state index >= 15 is 0 Å². The van der Waals surface area contributed by atoms with Crippen molar-refractivity contribution in [1.29, 1.82) is 0 Å². The third-order valence-corrected chi connectivity index (χ3v) is 5.12. The maximum absolute atomic E-state index is 5.53. The first-order valence-electron chi connectivity index (χ1n) is 7.82. The minimum atomic E-state index is 0.699. The Hall–Kier alpha value is -0.970. The molecular formula is C16H23N3O. The summed E-state index contributed by atoms with van der Waals surface area (Å²) in [7, 11) is 0. The summed E-state index contributed by atoms with van der Waals surface area (Å²) < 4.78 is 5.53. The molecule has 1 aromatic heterocycles. The molecule has 0 spiro atoms. The largest absolute Gasteiger partial charge is 0.380 e. The quantitative estimate of drug-likeness (QED) is 0.828. The van der Waals surface area contributed by atoms with E-state index in [1.807, 2.05) is 12.3 Å². The molecule has 108 valence electrons. The van der Waals surface area contributed by atoms with E-state index in [1.165, 1.54) is 38.3 Å². The molecule has 4 heteroatoms. The van der Waals surface area contributed by atoms with Crippen molar-refractivity contribution in [3.05, 3.63) is 30.1 Å². The van der Waals surface area contributed by atoms with E-state index in [0.717, 1.165) is 31.6 Å². The lowest BCUT2D eigenvalue weighted by Crippen LogP contribution is -2.36. The number of fused-ring (bicyclic) bond motifs is 1. The topological polar surface area (TPSA) is 28.6 Å². The molecular weight excluding hydrogens is 250 g/mol. The van der Waals surface area contributed by atoms with Crippen molar-refractivity contribution in [3.63, 3.8) is 0 Å². The smallest absolute Gasteiger partial charge is 0.0622 e. The minimum absolute atomic E-state index is 0.699. The lowest BCUT2D eigenvalue weighted by molar-refractivity contribution is 0.149. The van der Waals surface area contributed by atoms with Crippen molar-refractivity contribution in [2.75, 3.05) is 39.4 Å². The Labute approximate surface area is 120 Å². The van der Waals surface area contributed by atoms with Crippen LogP contribution in [0.4, 0.5) is 0 Å². The highest BCUT2D eigenvalue weighted by Gasteiger charge is 2.42. The van der Waals surface area contributed by atoms with Gasteiger partial charge in [0.1, 0.15) is 0 Å². The Morgan fingerprint density at radius 3 is 2.65 bits per heavy atom. The first-order valence-corrected chi connectivity index (χ1v) is 7.82. The molecule has 3 aliphatic rings. The van der Waals surface area contributed by atoms with Crippen LogP contribution in [0.25, 0.3) is 0 Å². The average Bonchev–Trinajstić information content (AvgIpc) is 3.13. The second-order valence-corrected chi connectivity index (χ2v) is 6.51. The van der Waals surface area contributed by atoms with E-state index in [9.17, 15) is 0 Å². The van der Waals surface area contributed by atoms with Crippen molar-refractivity contribution in [1.82, 2.24) is 14.8 Å². The van der Waals surface area contributed by atoms with E-state index in [1.54, 1.807) is 0 Å². The Morgan fingerprint density at radius 2 is 2.00 bits per heavy atom. The zero-order chi connectivity index (χ0) is 13.4. The van der Waals surface area contributed by atoms with Gasteiger partial charge in [-0.05, 0) is 30.4 Å². The monoisotopic (exact) mass is 273 g/mol. The predicted molar refractivity (Wildman–Crippen MR) is 77.3 cm³/mol. The van der Waals surface area contributed by atoms with Crippen molar-refractivity contribution in [2.24, 2.45) is 11.8 Å². The lowest BCUT2D eigenvalue weighted by Gasteiger charge is -2.25. The standard InChI is InChI=1S/C16H23N3O/c1-2-5-17-15(3-1)11-18-7-13-9-19(10-14(13)8-18)16-4-6-20-12-16/h1-3,5,13-14,16H,4,6-12H2/t13-,14+,16?. The van der Waals surface area contributed by atoms with Crippen LogP contribution in [0.1, 0.15) is 12.1 Å². The summed E-state index contributed by atoms with van der Waals surface area (Å²) in [6, 6.07) is 6.91. The van der Waals surface area contributed by atoms with Gasteiger partial charge in [-0.15, -0.1) is 0 Å². The molecule has 1 unspecified atom stereocenters. The van der Waals surface area contributed by atoms with Crippen LogP contribution in [-0.2, 0) is 11.3 Å². The third-order valence-electron chi connectivity index (χ3n) is 5.12. The second kappa shape index (κ2) is 5.43. The molecule has 0 aliphatic carbocycles. The molecule has 3 atom stereocenters. The lowest BCUT2D eigenvalue weighted by atomic mass is 10.0. The summed E-state index contributed by atoms with van der Waals surface area (Å²) in [6.45, 7) is 7.96. The van der Waals surface area contributed by atoms with Gasteiger partial charge in [0.25, 0.3) is 0 Å². The number of aromatic nitrogens is 1. The first kappa shape index (κ1) is 12.7. The number of hydrogen-bond acceptors (Lipinski definition) is 4. The van der Waals surface area contributed by atoms with Crippen LogP contribution in [0.5, 0.6) is 0 Å². The number of nitrogens with zero attached hydrogens (tertiary/aromatic N) is 3. The molecule has 3 saturated heterocycles. The fourth-order valence-corrected chi connectivity index (χ4v) is 4.08. The van der Waals surface area contributed by atoms with Crippen LogP contribution in [0.2, 0.25) is 0 Å². The maximum atomic E-state index is 5.53. The van der Waals surface area contributed by atoms with Crippen molar-refractivity contribution in [3.8, 4) is 0 Å². The molecule has 0 radical (unpaired) electrons. The number of hydrogen-bond donors (Lipinski definition) is 0. The number of ether oxygens (including phenoxy) is 1. The van der Waals surface area contributed by atoms with Gasteiger partial charge >= 0.3 is 0 Å². The minimum Gasteiger partial charge on any atom is -0.380 e. The molecule has 0 bridgehead atoms. The molecule has 20 heavy (non-hydrogen) atoms. The summed E-state index contributed by atoms with van der Waals surface area (Å²) in [5, 5.41) is 0. The van der Waals surface area contributed by atoms with E-state index in [2.05, 4.69) is 26.9 Å². The van der Waals surface area contributed by atoms with Crippen LogP contribution in [-0.4, -0.2) is 60.2 Å². The van der Waals surface area contributed by atoms with Gasteiger partial charge in [0.15, 0.2) is 0 Å². The van der Waals surface area contributed by atoms with Crippen LogP contribution >= 0.6 is 0 Å². The van der Waals surface area contributed by atoms with Crippen molar-refractivity contribution >= 4 is 0 Å². The summed E-state index contributed by atoms with van der Waals surface area (Å²) >= 11 is 0. The van der Waals surface area contributed by atoms with Gasteiger partial charge in [-0.25, -0.2) is 0 Å². The van der Waals surface area contributed by atoms with E-state index in [0.29, 0.717) is 6.04 Å². The van der Waals surface area contributed by atoms with Gasteiger partial charge in [-0.1, -0.05) is 6.07 Å². The molecule has 0 amide bonds. The highest BCUT2D eigenvalue weighted by atomic mass is 16.5. The molecule has 4 rings (SSSR count). The molecule has 0 N–H and O–H groups in total. The Morgan fingerprint density at radius 1 is 1.15 bits per heavy atom. The summed E-state index contributed by atoms with van der Waals surface area (Å²) in [5.74, 6) is 1.72. The third kappa shape index (κ3) is 2.48. The molecule has 4 heterocycles. The number of pyridine rings is 1. The average molecular weight is 273 g/mol. The molecule has 4 nitrogen and oxygen atoms in total. The number of rotatable bonds is 3. The van der Waals surface area contributed by atoms with Crippen molar-refractivity contribution in [2.45, 2.75) is 19.0 Å². The fraction of sp³-hybridized carbons (Fsp3) is 0.688. The Kier molecular flexibility index (Phi) is 3.46. The highest BCUT2D eigenvalue weighted by molar-refractivity contribution is 5.05. The molecule has 0 saturated carbocycles. The van der Waals surface area contributed by atoms with E-state index in [-0.39, 0.29) is 0 Å². The molecule has 1 aromatic rings. The zero-order valence-corrected chi connectivity index (χ0v) is 11.9. The normalized spacial score (nSPS) is 34.7. The molecule has 3 aliphatic heterocycles. The predicted octanol–water partition coefficient (Wildman–Crippen LogP) is 1.23. The van der Waals surface area contributed by atoms with Crippen molar-refractivity contribution < 1.29 is 4.74 Å². The summed E-state index contributed by atoms with van der Waals surface area (Å²) in [6.07, 6.45) is 3.13. The van der Waals surface area contributed by atoms with Crippen LogP contribution in [0.3, 0.4) is 0 Å². The fourth-order valence-electron chi connectivity index (χ4n) is 4.08. The van der Waals surface area contributed by atoms with Gasteiger partial charge < -0.3 is 4.74 Å². The highest BCUT2D eigenvalue weighted by Crippen LogP contribution is 2.33. The summed E-state index contributed by atoms with van der Waals surface area (Å²) in [5.41, 5.74) is 1.20. The molecule has 0 aromatic carbocycles. The Bertz CT molecular complexity index is 432. The Balaban J connectivity index is 1.32. The van der Waals surface area contributed by atoms with Crippen LogP contribution < -0.4 is 0 Å². The second-order valence-electron chi connectivity index (χ2n) is 6.51. The maximum Gasteiger partial charge on any atom is 0.0622 e. The van der Waals surface area contributed by atoms with Gasteiger partial charge in [0, 0.05) is 51.6 Å². The van der Waals surface area contributed by atoms with Gasteiger partial charge in [-0.2, -0.15) is 0 Å². The summed E-state index contributed by atoms with van der Waals surface area (Å²) in [4.78, 5) is 9.71. The van der Waals surface area contributed by atoms with Crippen LogP contribution in [0, 0.1) is 11.8 Å². The zero-order valence-electron chi connectivity index (χ0n) is 11.9.